The van der Waals surface area contributed by atoms with Crippen LogP contribution < -0.4 is 10.9 Å². The number of rotatable bonds is 4. The topological polar surface area (TPSA) is 67.0 Å². The van der Waals surface area contributed by atoms with Gasteiger partial charge in [0.2, 0.25) is 5.95 Å². The fourth-order valence-electron chi connectivity index (χ4n) is 1.48. The molecule has 5 nitrogen and oxygen atoms in total. The van der Waals surface area contributed by atoms with E-state index in [1.165, 1.54) is 19.2 Å². The summed E-state index contributed by atoms with van der Waals surface area (Å²) in [7, 11) is 1.51. The highest BCUT2D eigenvalue weighted by molar-refractivity contribution is 5.53. The monoisotopic (exact) mass is 249 g/mol. The second-order valence-corrected chi connectivity index (χ2v) is 3.62. The molecule has 0 aliphatic rings. The number of hydrogen-bond donors (Lipinski definition) is 2. The van der Waals surface area contributed by atoms with Crippen LogP contribution in [0, 0.1) is 5.82 Å². The van der Waals surface area contributed by atoms with Crippen molar-refractivity contribution < 1.29 is 9.13 Å². The molecule has 0 amide bonds. The highest BCUT2D eigenvalue weighted by atomic mass is 19.1. The highest BCUT2D eigenvalue weighted by Crippen LogP contribution is 2.15. The van der Waals surface area contributed by atoms with Crippen LogP contribution in [0.3, 0.4) is 0 Å². The number of hydrogen-bond acceptors (Lipinski definition) is 4. The Morgan fingerprint density at radius 3 is 2.94 bits per heavy atom. The zero-order valence-corrected chi connectivity index (χ0v) is 9.74. The predicted octanol–water partition coefficient (Wildman–Crippen LogP) is 1.80. The van der Waals surface area contributed by atoms with Crippen molar-refractivity contribution in [1.29, 1.82) is 0 Å². The Kier molecular flexibility index (Phi) is 3.69. The number of H-pyrrole nitrogens is 1. The molecule has 0 unspecified atom stereocenters. The molecule has 1 heterocycles. The van der Waals surface area contributed by atoms with Crippen molar-refractivity contribution >= 4 is 11.6 Å². The van der Waals surface area contributed by atoms with Gasteiger partial charge in [0, 0.05) is 13.2 Å². The number of aromatic nitrogens is 2. The van der Waals surface area contributed by atoms with Crippen molar-refractivity contribution in [1.82, 2.24) is 9.97 Å². The summed E-state index contributed by atoms with van der Waals surface area (Å²) in [6.07, 6.45) is 0. The van der Waals surface area contributed by atoms with Gasteiger partial charge < -0.3 is 10.1 Å². The third-order valence-corrected chi connectivity index (χ3v) is 2.21. The number of anilines is 2. The molecule has 0 aliphatic heterocycles. The van der Waals surface area contributed by atoms with Crippen LogP contribution >= 0.6 is 0 Å². The minimum absolute atomic E-state index is 0.180. The Balaban J connectivity index is 2.29. The Labute approximate surface area is 103 Å². The van der Waals surface area contributed by atoms with Crippen LogP contribution in [0.2, 0.25) is 0 Å². The number of benzene rings is 1. The van der Waals surface area contributed by atoms with Crippen LogP contribution in [0.5, 0.6) is 0 Å². The van der Waals surface area contributed by atoms with E-state index in [9.17, 15) is 9.18 Å². The number of methoxy groups -OCH3 is 1. The number of halogens is 1. The molecular weight excluding hydrogens is 237 g/mol. The normalized spacial score (nSPS) is 10.3. The molecule has 0 saturated carbocycles. The van der Waals surface area contributed by atoms with E-state index in [0.29, 0.717) is 5.69 Å². The third kappa shape index (κ3) is 2.92. The van der Waals surface area contributed by atoms with Crippen molar-refractivity contribution in [2.24, 2.45) is 0 Å². The molecule has 1 aromatic heterocycles. The van der Waals surface area contributed by atoms with E-state index in [2.05, 4.69) is 15.3 Å². The van der Waals surface area contributed by atoms with E-state index in [4.69, 9.17) is 4.74 Å². The van der Waals surface area contributed by atoms with Gasteiger partial charge >= 0.3 is 0 Å². The van der Waals surface area contributed by atoms with Gasteiger partial charge in [-0.05, 0) is 12.1 Å². The van der Waals surface area contributed by atoms with Gasteiger partial charge in [0.25, 0.3) is 5.56 Å². The van der Waals surface area contributed by atoms with Gasteiger partial charge in [-0.15, -0.1) is 0 Å². The molecule has 94 valence electrons. The Bertz CT molecular complexity index is 598. The minimum Gasteiger partial charge on any atom is -0.378 e. The average molecular weight is 249 g/mol. The first-order valence-electron chi connectivity index (χ1n) is 5.30. The third-order valence-electron chi connectivity index (χ3n) is 2.21. The van der Waals surface area contributed by atoms with Crippen LogP contribution in [0.25, 0.3) is 0 Å². The van der Waals surface area contributed by atoms with Gasteiger partial charge in [-0.25, -0.2) is 9.37 Å². The maximum absolute atomic E-state index is 13.4. The number of nitrogens with zero attached hydrogens (tertiary/aromatic N) is 1. The lowest BCUT2D eigenvalue weighted by molar-refractivity contribution is 0.181. The maximum Gasteiger partial charge on any atom is 0.252 e. The first-order valence-corrected chi connectivity index (χ1v) is 5.30. The summed E-state index contributed by atoms with van der Waals surface area (Å²) in [6, 6.07) is 7.47. The molecule has 6 heteroatoms. The van der Waals surface area contributed by atoms with Gasteiger partial charge in [-0.1, -0.05) is 12.1 Å². The summed E-state index contributed by atoms with van der Waals surface area (Å²) in [6.45, 7) is 0.218. The van der Waals surface area contributed by atoms with E-state index < -0.39 is 5.82 Å². The minimum atomic E-state index is -0.419. The Hall–Kier alpha value is -2.21. The summed E-state index contributed by atoms with van der Waals surface area (Å²) in [5.41, 5.74) is 0.395. The smallest absolute Gasteiger partial charge is 0.252 e. The second-order valence-electron chi connectivity index (χ2n) is 3.62. The van der Waals surface area contributed by atoms with Crippen LogP contribution in [0.1, 0.15) is 5.69 Å². The quantitative estimate of drug-likeness (QED) is 0.867. The number of para-hydroxylation sites is 1. The van der Waals surface area contributed by atoms with Crippen LogP contribution in [0.4, 0.5) is 16.0 Å². The van der Waals surface area contributed by atoms with Crippen LogP contribution in [-0.4, -0.2) is 17.1 Å². The molecule has 0 saturated heterocycles. The number of ether oxygens (including phenoxy) is 1. The zero-order chi connectivity index (χ0) is 13.0. The summed E-state index contributed by atoms with van der Waals surface area (Å²) < 4.78 is 18.3. The lowest BCUT2D eigenvalue weighted by Crippen LogP contribution is -2.12. The predicted molar refractivity (Wildman–Crippen MR) is 65.3 cm³/mol. The van der Waals surface area contributed by atoms with E-state index >= 15 is 0 Å². The first kappa shape index (κ1) is 12.3. The molecule has 0 bridgehead atoms. The zero-order valence-electron chi connectivity index (χ0n) is 9.74. The Morgan fingerprint density at radius 2 is 2.22 bits per heavy atom. The van der Waals surface area contributed by atoms with E-state index in [1.807, 2.05) is 0 Å². The molecule has 1 aromatic carbocycles. The fourth-order valence-corrected chi connectivity index (χ4v) is 1.48. The van der Waals surface area contributed by atoms with Gasteiger partial charge in [-0.3, -0.25) is 9.78 Å². The molecule has 0 aliphatic carbocycles. The first-order chi connectivity index (χ1) is 8.69. The molecular formula is C12H12FN3O2. The fraction of sp³-hybridized carbons (Fsp3) is 0.167. The van der Waals surface area contributed by atoms with Crippen molar-refractivity contribution in [2.75, 3.05) is 12.4 Å². The molecule has 18 heavy (non-hydrogen) atoms. The van der Waals surface area contributed by atoms with Crippen LogP contribution in [-0.2, 0) is 11.3 Å². The lowest BCUT2D eigenvalue weighted by atomic mass is 10.3. The van der Waals surface area contributed by atoms with E-state index in [-0.39, 0.29) is 23.8 Å². The maximum atomic E-state index is 13.4. The van der Waals surface area contributed by atoms with Gasteiger partial charge in [0.1, 0.15) is 5.82 Å². The molecule has 2 aromatic rings. The van der Waals surface area contributed by atoms with Crippen LogP contribution in [0.15, 0.2) is 35.1 Å². The van der Waals surface area contributed by atoms with Gasteiger partial charge in [-0.2, -0.15) is 0 Å². The van der Waals surface area contributed by atoms with Crippen molar-refractivity contribution in [3.8, 4) is 0 Å². The van der Waals surface area contributed by atoms with Gasteiger partial charge in [0.15, 0.2) is 0 Å². The second kappa shape index (κ2) is 5.42. The highest BCUT2D eigenvalue weighted by Gasteiger charge is 2.04. The summed E-state index contributed by atoms with van der Waals surface area (Å²) in [4.78, 5) is 18.0. The van der Waals surface area contributed by atoms with Crippen molar-refractivity contribution in [3.63, 3.8) is 0 Å². The molecule has 0 spiro atoms. The summed E-state index contributed by atoms with van der Waals surface area (Å²) in [5.74, 6) is -0.239. The molecule has 2 N–H and O–H groups in total. The molecule has 0 radical (unpaired) electrons. The van der Waals surface area contributed by atoms with Crippen molar-refractivity contribution in [2.45, 2.75) is 6.61 Å². The molecule has 2 rings (SSSR count). The SMILES string of the molecule is COCc1cc(=O)[nH]c(Nc2ccccc2F)n1. The largest absolute Gasteiger partial charge is 0.378 e. The molecule has 0 atom stereocenters. The summed E-state index contributed by atoms with van der Waals surface area (Å²) in [5, 5.41) is 2.71. The van der Waals surface area contributed by atoms with E-state index in [0.717, 1.165) is 0 Å². The number of nitrogens with one attached hydrogen (secondary N) is 2. The number of aromatic amines is 1. The van der Waals surface area contributed by atoms with Gasteiger partial charge in [0.05, 0.1) is 18.0 Å². The standard InChI is InChI=1S/C12H12FN3O2/c1-18-7-8-6-11(17)16-12(14-8)15-10-5-3-2-4-9(10)13/h2-6H,7H2,1H3,(H2,14,15,16,17). The summed E-state index contributed by atoms with van der Waals surface area (Å²) >= 11 is 0. The molecule has 0 fully saturated rings. The lowest BCUT2D eigenvalue weighted by Gasteiger charge is -2.07. The van der Waals surface area contributed by atoms with E-state index in [1.54, 1.807) is 18.2 Å². The van der Waals surface area contributed by atoms with Crippen molar-refractivity contribution in [3.05, 3.63) is 52.2 Å². The average Bonchev–Trinajstić information content (AvgIpc) is 2.32. The Morgan fingerprint density at radius 1 is 1.44 bits per heavy atom.